The van der Waals surface area contributed by atoms with Gasteiger partial charge in [0.05, 0.1) is 34.9 Å². The predicted octanol–water partition coefficient (Wildman–Crippen LogP) is 2.33. The molecule has 0 saturated carbocycles. The Morgan fingerprint density at radius 1 is 1.41 bits per heavy atom. The summed E-state index contributed by atoms with van der Waals surface area (Å²) in [5.74, 6) is 0.450. The Labute approximate surface area is 171 Å². The lowest BCUT2D eigenvalue weighted by molar-refractivity contribution is -0.122. The van der Waals surface area contributed by atoms with E-state index in [1.807, 2.05) is 6.92 Å². The summed E-state index contributed by atoms with van der Waals surface area (Å²) >= 11 is 1.54. The van der Waals surface area contributed by atoms with Crippen molar-refractivity contribution in [1.29, 1.82) is 0 Å². The van der Waals surface area contributed by atoms with Crippen LogP contribution in [0.5, 0.6) is 5.75 Å². The van der Waals surface area contributed by atoms with Crippen molar-refractivity contribution in [1.82, 2.24) is 15.6 Å². The van der Waals surface area contributed by atoms with Crippen LogP contribution in [-0.4, -0.2) is 42.6 Å². The Morgan fingerprint density at radius 2 is 2.28 bits per heavy atom. The van der Waals surface area contributed by atoms with Gasteiger partial charge in [0, 0.05) is 11.9 Å². The van der Waals surface area contributed by atoms with Crippen molar-refractivity contribution >= 4 is 34.1 Å². The van der Waals surface area contributed by atoms with Crippen LogP contribution in [0.25, 0.3) is 11.0 Å². The third-order valence-electron chi connectivity index (χ3n) is 4.73. The normalized spacial score (nSPS) is 17.0. The number of nitrogens with zero attached hydrogens (tertiary/aromatic N) is 1. The van der Waals surface area contributed by atoms with Crippen LogP contribution in [0.15, 0.2) is 28.1 Å². The first-order chi connectivity index (χ1) is 14.0. The first-order valence-corrected chi connectivity index (χ1v) is 10.1. The molecule has 1 unspecified atom stereocenters. The number of ether oxygens (including phenoxy) is 2. The van der Waals surface area contributed by atoms with Gasteiger partial charge in [-0.05, 0) is 32.0 Å². The van der Waals surface area contributed by atoms with E-state index in [-0.39, 0.29) is 18.4 Å². The minimum Gasteiger partial charge on any atom is -0.488 e. The van der Waals surface area contributed by atoms with Gasteiger partial charge in [0.25, 0.3) is 5.91 Å². The predicted molar refractivity (Wildman–Crippen MR) is 107 cm³/mol. The van der Waals surface area contributed by atoms with Crippen molar-refractivity contribution in [3.05, 3.63) is 45.6 Å². The molecule has 1 atom stereocenters. The molecular weight excluding hydrogens is 394 g/mol. The summed E-state index contributed by atoms with van der Waals surface area (Å²) in [5, 5.41) is 6.09. The molecule has 2 N–H and O–H groups in total. The summed E-state index contributed by atoms with van der Waals surface area (Å²) in [6, 6.07) is 4.61. The zero-order chi connectivity index (χ0) is 20.4. The maximum atomic E-state index is 12.9. The molecule has 0 bridgehead atoms. The molecule has 1 aliphatic heterocycles. The number of hydrogen-bond acceptors (Lipinski definition) is 7. The second-order valence-corrected chi connectivity index (χ2v) is 7.67. The van der Waals surface area contributed by atoms with Crippen molar-refractivity contribution in [2.75, 3.05) is 19.8 Å². The summed E-state index contributed by atoms with van der Waals surface area (Å²) < 4.78 is 17.0. The monoisotopic (exact) mass is 415 g/mol. The average molecular weight is 415 g/mol. The van der Waals surface area contributed by atoms with Crippen LogP contribution < -0.4 is 15.4 Å². The van der Waals surface area contributed by atoms with Gasteiger partial charge >= 0.3 is 0 Å². The number of benzene rings is 1. The lowest BCUT2D eigenvalue weighted by Gasteiger charge is -2.14. The molecule has 3 heterocycles. The number of furan rings is 1. The second kappa shape index (κ2) is 8.22. The maximum Gasteiger partial charge on any atom is 0.256 e. The van der Waals surface area contributed by atoms with Gasteiger partial charge in [-0.25, -0.2) is 4.98 Å². The SMILES string of the molecule is Cc1ncsc1COc1ccc2oc(C)c(C(=O)NC3COCCNC3=O)c2c1. The van der Waals surface area contributed by atoms with E-state index in [0.29, 0.717) is 47.8 Å². The highest BCUT2D eigenvalue weighted by atomic mass is 32.1. The highest BCUT2D eigenvalue weighted by molar-refractivity contribution is 7.09. The molecule has 3 aromatic rings. The number of thiazole rings is 1. The smallest absolute Gasteiger partial charge is 0.256 e. The van der Waals surface area contributed by atoms with Crippen molar-refractivity contribution in [3.8, 4) is 5.75 Å². The van der Waals surface area contributed by atoms with E-state index in [2.05, 4.69) is 15.6 Å². The molecule has 29 heavy (non-hydrogen) atoms. The first-order valence-electron chi connectivity index (χ1n) is 9.24. The molecule has 1 fully saturated rings. The number of amides is 2. The zero-order valence-corrected chi connectivity index (χ0v) is 16.9. The molecule has 2 aromatic heterocycles. The molecule has 152 valence electrons. The molecule has 1 aliphatic rings. The molecule has 0 aliphatic carbocycles. The highest BCUT2D eigenvalue weighted by Gasteiger charge is 2.26. The summed E-state index contributed by atoms with van der Waals surface area (Å²) in [6.45, 7) is 5.05. The molecule has 8 nitrogen and oxygen atoms in total. The van der Waals surface area contributed by atoms with Crippen LogP contribution in [0.2, 0.25) is 0 Å². The van der Waals surface area contributed by atoms with E-state index >= 15 is 0 Å². The highest BCUT2D eigenvalue weighted by Crippen LogP contribution is 2.30. The number of carbonyl (C=O) groups excluding carboxylic acids is 2. The fourth-order valence-corrected chi connectivity index (χ4v) is 3.86. The quantitative estimate of drug-likeness (QED) is 0.663. The minimum atomic E-state index is -0.747. The van der Waals surface area contributed by atoms with E-state index in [1.165, 1.54) is 11.3 Å². The number of nitrogens with one attached hydrogen (secondary N) is 2. The number of fused-ring (bicyclic) bond motifs is 1. The number of rotatable bonds is 5. The van der Waals surface area contributed by atoms with E-state index in [1.54, 1.807) is 30.6 Å². The van der Waals surface area contributed by atoms with Crippen molar-refractivity contribution < 1.29 is 23.5 Å². The van der Waals surface area contributed by atoms with E-state index < -0.39 is 6.04 Å². The summed E-state index contributed by atoms with van der Waals surface area (Å²) in [7, 11) is 0. The van der Waals surface area contributed by atoms with E-state index in [0.717, 1.165) is 10.6 Å². The van der Waals surface area contributed by atoms with E-state index in [4.69, 9.17) is 13.9 Å². The summed E-state index contributed by atoms with van der Waals surface area (Å²) in [6.07, 6.45) is 0. The summed E-state index contributed by atoms with van der Waals surface area (Å²) in [5.41, 5.74) is 3.69. The number of hydrogen-bond donors (Lipinski definition) is 2. The fourth-order valence-electron chi connectivity index (χ4n) is 3.17. The van der Waals surface area contributed by atoms with Crippen molar-refractivity contribution in [2.45, 2.75) is 26.5 Å². The lowest BCUT2D eigenvalue weighted by Crippen LogP contribution is -2.47. The standard InChI is InChI=1S/C20H21N3O5S/c1-11-17(29-10-22-11)9-27-13-3-4-16-14(7-13)18(12(2)28-16)20(25)23-15-8-26-6-5-21-19(15)24/h3-4,7,10,15H,5-6,8-9H2,1-2H3,(H,21,24)(H,23,25). The third-order valence-corrected chi connectivity index (χ3v) is 5.64. The zero-order valence-electron chi connectivity index (χ0n) is 16.1. The Morgan fingerprint density at radius 3 is 3.07 bits per heavy atom. The van der Waals surface area contributed by atoms with Crippen LogP contribution in [0.4, 0.5) is 0 Å². The molecule has 1 aromatic carbocycles. The van der Waals surface area contributed by atoms with Gasteiger partial charge in [-0.3, -0.25) is 9.59 Å². The molecule has 4 rings (SSSR count). The Kier molecular flexibility index (Phi) is 5.50. The van der Waals surface area contributed by atoms with Gasteiger partial charge in [-0.15, -0.1) is 11.3 Å². The van der Waals surface area contributed by atoms with Gasteiger partial charge in [-0.2, -0.15) is 0 Å². The van der Waals surface area contributed by atoms with Crippen LogP contribution in [0, 0.1) is 13.8 Å². The van der Waals surface area contributed by atoms with E-state index in [9.17, 15) is 9.59 Å². The number of aryl methyl sites for hydroxylation is 2. The maximum absolute atomic E-state index is 12.9. The molecular formula is C20H21N3O5S. The van der Waals surface area contributed by atoms with Crippen LogP contribution in [-0.2, 0) is 16.1 Å². The molecule has 9 heteroatoms. The lowest BCUT2D eigenvalue weighted by atomic mass is 10.1. The van der Waals surface area contributed by atoms with Crippen molar-refractivity contribution in [2.24, 2.45) is 0 Å². The largest absolute Gasteiger partial charge is 0.488 e. The minimum absolute atomic E-state index is 0.134. The molecule has 2 amide bonds. The van der Waals surface area contributed by atoms with Gasteiger partial charge in [0.1, 0.15) is 29.7 Å². The molecule has 0 radical (unpaired) electrons. The molecule has 1 saturated heterocycles. The van der Waals surface area contributed by atoms with Crippen molar-refractivity contribution in [3.63, 3.8) is 0 Å². The summed E-state index contributed by atoms with van der Waals surface area (Å²) in [4.78, 5) is 30.3. The van der Waals surface area contributed by atoms with Crippen LogP contribution >= 0.6 is 11.3 Å². The third kappa shape index (κ3) is 4.10. The average Bonchev–Trinajstić information content (AvgIpc) is 3.19. The fraction of sp³-hybridized carbons (Fsp3) is 0.350. The van der Waals surface area contributed by atoms with Gasteiger partial charge in [0.2, 0.25) is 5.91 Å². The Bertz CT molecular complexity index is 1060. The Balaban J connectivity index is 1.56. The van der Waals surface area contributed by atoms with Gasteiger partial charge in [-0.1, -0.05) is 0 Å². The number of aromatic nitrogens is 1. The van der Waals surface area contributed by atoms with Gasteiger partial charge < -0.3 is 24.5 Å². The van der Waals surface area contributed by atoms with Gasteiger partial charge in [0.15, 0.2) is 0 Å². The first kappa shape index (κ1) is 19.4. The molecule has 0 spiro atoms. The topological polar surface area (TPSA) is 103 Å². The second-order valence-electron chi connectivity index (χ2n) is 6.73. The number of carbonyl (C=O) groups is 2. The van der Waals surface area contributed by atoms with Crippen LogP contribution in [0.1, 0.15) is 26.7 Å². The Hall–Kier alpha value is -2.91. The van der Waals surface area contributed by atoms with Crippen LogP contribution in [0.3, 0.4) is 0 Å².